The van der Waals surface area contributed by atoms with Crippen molar-refractivity contribution < 1.29 is 9.53 Å². The number of carbonyl (C=O) groups is 1. The molecule has 0 saturated carbocycles. The van der Waals surface area contributed by atoms with Gasteiger partial charge >= 0.3 is 0 Å². The molecule has 0 radical (unpaired) electrons. The highest BCUT2D eigenvalue weighted by Crippen LogP contribution is 2.25. The van der Waals surface area contributed by atoms with Crippen LogP contribution in [-0.2, 0) is 9.53 Å². The number of guanidine groups is 1. The zero-order valence-electron chi connectivity index (χ0n) is 18.5. The zero-order chi connectivity index (χ0) is 20.5. The van der Waals surface area contributed by atoms with Crippen molar-refractivity contribution in [3.8, 4) is 0 Å². The molecule has 7 heteroatoms. The second-order valence-corrected chi connectivity index (χ2v) is 7.53. The van der Waals surface area contributed by atoms with E-state index < -0.39 is 0 Å². The fourth-order valence-corrected chi connectivity index (χ4v) is 3.35. The first kappa shape index (κ1) is 25.7. The van der Waals surface area contributed by atoms with E-state index in [0.717, 1.165) is 32.0 Å². The first-order chi connectivity index (χ1) is 13.4. The maximum absolute atomic E-state index is 12.0. The molecule has 2 rings (SSSR count). The number of nitrogens with zero attached hydrogens (tertiary/aromatic N) is 2. The Kier molecular flexibility index (Phi) is 11.6. The van der Waals surface area contributed by atoms with Gasteiger partial charge < -0.3 is 20.3 Å². The van der Waals surface area contributed by atoms with Crippen molar-refractivity contribution in [2.24, 2.45) is 4.99 Å². The van der Waals surface area contributed by atoms with Gasteiger partial charge in [-0.15, -0.1) is 24.0 Å². The Bertz CT molecular complexity index is 681. The summed E-state index contributed by atoms with van der Waals surface area (Å²) >= 11 is 0. The molecular weight excluding hydrogens is 479 g/mol. The summed E-state index contributed by atoms with van der Waals surface area (Å²) in [7, 11) is 0. The second kappa shape index (κ2) is 13.1. The summed E-state index contributed by atoms with van der Waals surface area (Å²) in [6.07, 6.45) is 1.38. The molecule has 1 aliphatic heterocycles. The summed E-state index contributed by atoms with van der Waals surface area (Å²) in [6, 6.07) is 6.72. The molecule has 1 aliphatic rings. The van der Waals surface area contributed by atoms with Gasteiger partial charge in [-0.25, -0.2) is 0 Å². The van der Waals surface area contributed by atoms with Gasteiger partial charge in [0.05, 0.1) is 19.7 Å². The fraction of sp³-hybridized carbons (Fsp3) is 0.636. The number of aliphatic imine (C=N–C) groups is 1. The minimum absolute atomic E-state index is 0. The van der Waals surface area contributed by atoms with Crippen molar-refractivity contribution in [1.29, 1.82) is 0 Å². The van der Waals surface area contributed by atoms with Crippen LogP contribution in [-0.4, -0.2) is 55.6 Å². The molecule has 0 spiro atoms. The number of carbonyl (C=O) groups excluding carboxylic acids is 1. The van der Waals surface area contributed by atoms with Crippen LogP contribution in [0, 0.1) is 13.8 Å². The number of hydrogen-bond acceptors (Lipinski definition) is 3. The molecule has 1 aromatic carbocycles. The summed E-state index contributed by atoms with van der Waals surface area (Å²) in [6.45, 7) is 13.9. The first-order valence-electron chi connectivity index (χ1n) is 10.5. The molecule has 29 heavy (non-hydrogen) atoms. The molecule has 1 saturated heterocycles. The number of halogens is 1. The zero-order valence-corrected chi connectivity index (χ0v) is 20.8. The van der Waals surface area contributed by atoms with Gasteiger partial charge in [-0.3, -0.25) is 9.79 Å². The molecule has 0 aromatic heterocycles. The molecule has 2 unspecified atom stereocenters. The molecule has 1 aromatic rings. The van der Waals surface area contributed by atoms with E-state index >= 15 is 0 Å². The van der Waals surface area contributed by atoms with E-state index in [-0.39, 0.29) is 42.0 Å². The maximum atomic E-state index is 12.0. The maximum Gasteiger partial charge on any atom is 0.222 e. The molecule has 0 aliphatic carbocycles. The van der Waals surface area contributed by atoms with Gasteiger partial charge in [0.25, 0.3) is 0 Å². The summed E-state index contributed by atoms with van der Waals surface area (Å²) in [4.78, 5) is 18.9. The van der Waals surface area contributed by atoms with Crippen molar-refractivity contribution in [3.05, 3.63) is 34.9 Å². The first-order valence-corrected chi connectivity index (χ1v) is 10.5. The molecule has 1 heterocycles. The average molecular weight is 516 g/mol. The summed E-state index contributed by atoms with van der Waals surface area (Å²) in [5.41, 5.74) is 3.76. The Morgan fingerprint density at radius 3 is 2.76 bits per heavy atom. The normalized spacial score (nSPS) is 18.0. The molecular formula is C22H37IN4O2. The SMILES string of the molecule is CCNC(=NCCC(=O)NC(C)CC)N1CCOC(c2ccc(C)cc2C)C1.I. The van der Waals surface area contributed by atoms with E-state index in [0.29, 0.717) is 19.6 Å². The van der Waals surface area contributed by atoms with Crippen molar-refractivity contribution in [2.45, 2.75) is 59.6 Å². The average Bonchev–Trinajstić information content (AvgIpc) is 2.67. The van der Waals surface area contributed by atoms with Crippen LogP contribution >= 0.6 is 24.0 Å². The Morgan fingerprint density at radius 2 is 2.10 bits per heavy atom. The van der Waals surface area contributed by atoms with E-state index in [2.05, 4.69) is 66.4 Å². The molecule has 0 bridgehead atoms. The number of morpholine rings is 1. The van der Waals surface area contributed by atoms with E-state index in [4.69, 9.17) is 4.74 Å². The third-order valence-corrected chi connectivity index (χ3v) is 5.09. The minimum Gasteiger partial charge on any atom is -0.370 e. The number of nitrogens with one attached hydrogen (secondary N) is 2. The van der Waals surface area contributed by atoms with Gasteiger partial charge in [-0.05, 0) is 45.2 Å². The van der Waals surface area contributed by atoms with E-state index in [1.54, 1.807) is 0 Å². The van der Waals surface area contributed by atoms with Gasteiger partial charge in [0, 0.05) is 25.6 Å². The van der Waals surface area contributed by atoms with Gasteiger partial charge in [-0.1, -0.05) is 30.7 Å². The Morgan fingerprint density at radius 1 is 1.34 bits per heavy atom. The predicted octanol–water partition coefficient (Wildman–Crippen LogP) is 3.57. The number of hydrogen-bond donors (Lipinski definition) is 2. The lowest BCUT2D eigenvalue weighted by molar-refractivity contribution is -0.121. The molecule has 1 amide bonds. The topological polar surface area (TPSA) is 66.0 Å². The minimum atomic E-state index is 0. The van der Waals surface area contributed by atoms with E-state index in [9.17, 15) is 4.79 Å². The van der Waals surface area contributed by atoms with Crippen LogP contribution in [0.4, 0.5) is 0 Å². The lowest BCUT2D eigenvalue weighted by Gasteiger charge is -2.36. The standard InChI is InChI=1S/C22H36N4O2.HI/c1-6-18(5)25-21(27)10-11-24-22(23-7-2)26-12-13-28-20(15-26)19-9-8-16(3)14-17(19)4;/h8-9,14,18,20H,6-7,10-13,15H2,1-5H3,(H,23,24)(H,25,27);1H. The molecule has 1 fully saturated rings. The van der Waals surface area contributed by atoms with Crippen LogP contribution in [0.2, 0.25) is 0 Å². The van der Waals surface area contributed by atoms with Crippen molar-refractivity contribution in [3.63, 3.8) is 0 Å². The number of ether oxygens (including phenoxy) is 1. The van der Waals surface area contributed by atoms with Crippen LogP contribution < -0.4 is 10.6 Å². The van der Waals surface area contributed by atoms with E-state index in [1.807, 2.05) is 6.92 Å². The lowest BCUT2D eigenvalue weighted by Crippen LogP contribution is -2.48. The number of aryl methyl sites for hydroxylation is 2. The van der Waals surface area contributed by atoms with Crippen LogP contribution in [0.5, 0.6) is 0 Å². The largest absolute Gasteiger partial charge is 0.370 e. The highest BCUT2D eigenvalue weighted by atomic mass is 127. The summed E-state index contributed by atoms with van der Waals surface area (Å²) in [5, 5.41) is 6.35. The van der Waals surface area contributed by atoms with Crippen molar-refractivity contribution >= 4 is 35.8 Å². The Hall–Kier alpha value is -1.35. The van der Waals surface area contributed by atoms with E-state index in [1.165, 1.54) is 16.7 Å². The van der Waals surface area contributed by atoms with Gasteiger partial charge in [0.15, 0.2) is 5.96 Å². The lowest BCUT2D eigenvalue weighted by atomic mass is 10.00. The fourth-order valence-electron chi connectivity index (χ4n) is 3.35. The molecule has 6 nitrogen and oxygen atoms in total. The second-order valence-electron chi connectivity index (χ2n) is 7.53. The van der Waals surface area contributed by atoms with Crippen molar-refractivity contribution in [2.75, 3.05) is 32.8 Å². The highest BCUT2D eigenvalue weighted by molar-refractivity contribution is 14.0. The summed E-state index contributed by atoms with van der Waals surface area (Å²) < 4.78 is 6.05. The third-order valence-electron chi connectivity index (χ3n) is 5.09. The van der Waals surface area contributed by atoms with Crippen LogP contribution in [0.15, 0.2) is 23.2 Å². The molecule has 2 atom stereocenters. The van der Waals surface area contributed by atoms with Crippen molar-refractivity contribution in [1.82, 2.24) is 15.5 Å². The predicted molar refractivity (Wildman–Crippen MR) is 130 cm³/mol. The number of amides is 1. The van der Waals surface area contributed by atoms with Gasteiger partial charge in [0.1, 0.15) is 6.10 Å². The third kappa shape index (κ3) is 8.12. The monoisotopic (exact) mass is 516 g/mol. The number of rotatable bonds is 7. The van der Waals surface area contributed by atoms with Crippen LogP contribution in [0.1, 0.15) is 56.4 Å². The number of benzene rings is 1. The Balaban J connectivity index is 0.00000420. The smallest absolute Gasteiger partial charge is 0.222 e. The highest BCUT2D eigenvalue weighted by Gasteiger charge is 2.25. The summed E-state index contributed by atoms with van der Waals surface area (Å²) in [5.74, 6) is 0.918. The van der Waals surface area contributed by atoms with Crippen LogP contribution in [0.3, 0.4) is 0 Å². The van der Waals surface area contributed by atoms with Gasteiger partial charge in [-0.2, -0.15) is 0 Å². The molecule has 2 N–H and O–H groups in total. The molecule has 164 valence electrons. The Labute approximate surface area is 192 Å². The van der Waals surface area contributed by atoms with Gasteiger partial charge in [0.2, 0.25) is 5.91 Å². The quantitative estimate of drug-likeness (QED) is 0.331. The van der Waals surface area contributed by atoms with Crippen LogP contribution in [0.25, 0.3) is 0 Å².